The Bertz CT molecular complexity index is 485. The fourth-order valence-electron chi connectivity index (χ4n) is 3.21. The number of hydrogen-bond acceptors (Lipinski definition) is 4. The average Bonchev–Trinajstić information content (AvgIpc) is 2.62. The van der Waals surface area contributed by atoms with Crippen LogP contribution in [0.3, 0.4) is 0 Å². The van der Waals surface area contributed by atoms with Gasteiger partial charge in [0.2, 0.25) is 0 Å². The first-order valence-corrected chi connectivity index (χ1v) is 12.7. The van der Waals surface area contributed by atoms with Crippen molar-refractivity contribution in [2.75, 3.05) is 0 Å². The van der Waals surface area contributed by atoms with Crippen molar-refractivity contribution < 1.29 is 21.9 Å². The van der Waals surface area contributed by atoms with Gasteiger partial charge >= 0.3 is 16.4 Å². The second-order valence-corrected chi connectivity index (χ2v) is 8.65. The third-order valence-corrected chi connectivity index (χ3v) is 5.24. The van der Waals surface area contributed by atoms with Crippen LogP contribution in [-0.2, 0) is 19.4 Å². The summed E-state index contributed by atoms with van der Waals surface area (Å²) < 4.78 is 32.9. The number of carbonyl (C=O) groups excluding carboxylic acids is 1. The van der Waals surface area contributed by atoms with E-state index >= 15 is 0 Å². The lowest BCUT2D eigenvalue weighted by molar-refractivity contribution is -0.134. The molecule has 0 aliphatic rings. The van der Waals surface area contributed by atoms with Crippen molar-refractivity contribution in [3.8, 4) is 0 Å². The molecule has 0 amide bonds. The molecule has 0 saturated heterocycles. The third kappa shape index (κ3) is 23.2. The van der Waals surface area contributed by atoms with Gasteiger partial charge in [-0.3, -0.25) is 9.35 Å². The van der Waals surface area contributed by atoms with Crippen molar-refractivity contribution in [2.45, 2.75) is 122 Å². The molecule has 6 heteroatoms. The van der Waals surface area contributed by atoms with Gasteiger partial charge in [0.25, 0.3) is 0 Å². The zero-order valence-corrected chi connectivity index (χ0v) is 18.7. The molecule has 166 valence electrons. The van der Waals surface area contributed by atoms with Gasteiger partial charge in [-0.25, -0.2) is 0 Å². The van der Waals surface area contributed by atoms with E-state index in [9.17, 15) is 13.2 Å². The van der Waals surface area contributed by atoms with Gasteiger partial charge in [-0.1, -0.05) is 96.1 Å². The Kier molecular flexibility index (Phi) is 18.8. The summed E-state index contributed by atoms with van der Waals surface area (Å²) in [6.07, 6.45) is 25.4. The van der Waals surface area contributed by atoms with Gasteiger partial charge in [-0.15, -0.1) is 0 Å². The normalized spacial score (nSPS) is 11.9. The Labute approximate surface area is 173 Å². The molecule has 0 bridgehead atoms. The molecular weight excluding hydrogens is 376 g/mol. The van der Waals surface area contributed by atoms with Gasteiger partial charge in [0.05, 0.1) is 0 Å². The second kappa shape index (κ2) is 19.4. The first kappa shape index (κ1) is 27.1. The van der Waals surface area contributed by atoms with Crippen molar-refractivity contribution in [3.05, 3.63) is 12.2 Å². The van der Waals surface area contributed by atoms with Crippen LogP contribution in [0.2, 0.25) is 0 Å². The summed E-state index contributed by atoms with van der Waals surface area (Å²) in [4.78, 5) is 11.1. The highest BCUT2D eigenvalue weighted by Crippen LogP contribution is 2.12. The first-order valence-electron chi connectivity index (χ1n) is 11.3. The minimum absolute atomic E-state index is 0.0339. The average molecular weight is 419 g/mol. The molecule has 0 fully saturated rings. The summed E-state index contributed by atoms with van der Waals surface area (Å²) in [7, 11) is -4.65. The zero-order chi connectivity index (χ0) is 20.9. The van der Waals surface area contributed by atoms with E-state index in [1.54, 1.807) is 0 Å². The van der Waals surface area contributed by atoms with Gasteiger partial charge in [0, 0.05) is 6.42 Å². The zero-order valence-electron chi connectivity index (χ0n) is 17.9. The quantitative estimate of drug-likeness (QED) is 0.132. The maximum absolute atomic E-state index is 11.1. The van der Waals surface area contributed by atoms with E-state index in [0.717, 1.165) is 19.3 Å². The van der Waals surface area contributed by atoms with Crippen LogP contribution in [0.5, 0.6) is 0 Å². The Morgan fingerprint density at radius 1 is 0.714 bits per heavy atom. The number of unbranched alkanes of at least 4 members (excludes halogenated alkanes) is 15. The molecule has 0 unspecified atom stereocenters. The summed E-state index contributed by atoms with van der Waals surface area (Å²) in [6, 6.07) is 0. The summed E-state index contributed by atoms with van der Waals surface area (Å²) in [5.74, 6) is -0.886. The molecule has 0 aromatic rings. The van der Waals surface area contributed by atoms with Crippen LogP contribution in [0.25, 0.3) is 0 Å². The van der Waals surface area contributed by atoms with Gasteiger partial charge in [-0.2, -0.15) is 8.42 Å². The lowest BCUT2D eigenvalue weighted by Gasteiger charge is -2.02. The van der Waals surface area contributed by atoms with Crippen LogP contribution in [0.4, 0.5) is 0 Å². The molecule has 1 N–H and O–H groups in total. The van der Waals surface area contributed by atoms with Gasteiger partial charge in [0.1, 0.15) is 0 Å². The monoisotopic (exact) mass is 418 g/mol. The number of rotatable bonds is 20. The molecule has 0 radical (unpaired) electrons. The fourth-order valence-corrected chi connectivity index (χ4v) is 3.52. The highest BCUT2D eigenvalue weighted by molar-refractivity contribution is 7.81. The van der Waals surface area contributed by atoms with Gasteiger partial charge in [0.15, 0.2) is 0 Å². The largest absolute Gasteiger partial charge is 0.448 e. The predicted octanol–water partition coefficient (Wildman–Crippen LogP) is 6.93. The van der Waals surface area contributed by atoms with Crippen LogP contribution in [0, 0.1) is 0 Å². The van der Waals surface area contributed by atoms with Crippen LogP contribution in [0.15, 0.2) is 12.2 Å². The van der Waals surface area contributed by atoms with E-state index in [-0.39, 0.29) is 6.42 Å². The summed E-state index contributed by atoms with van der Waals surface area (Å²) in [6.45, 7) is 2.26. The number of carbonyl (C=O) groups is 1. The molecule has 0 aromatic heterocycles. The Balaban J connectivity index is 3.21. The van der Waals surface area contributed by atoms with Crippen LogP contribution in [-0.4, -0.2) is 18.9 Å². The standard InChI is InChI=1S/C22H42O5S/c1-2-3-4-5-6-7-8-9-10-11-12-13-14-15-16-17-18-19-20-21-22(23)27-28(24,25)26/h9-10H,2-8,11-21H2,1H3,(H,24,25,26)/b10-9-. The topological polar surface area (TPSA) is 80.7 Å². The van der Waals surface area contributed by atoms with E-state index < -0.39 is 16.4 Å². The highest BCUT2D eigenvalue weighted by Gasteiger charge is 2.12. The van der Waals surface area contributed by atoms with Crippen molar-refractivity contribution in [1.82, 2.24) is 0 Å². The molecule has 0 aromatic carbocycles. The van der Waals surface area contributed by atoms with E-state index in [4.69, 9.17) is 4.55 Å². The van der Waals surface area contributed by atoms with E-state index in [2.05, 4.69) is 23.3 Å². The third-order valence-electron chi connectivity index (χ3n) is 4.84. The maximum Gasteiger partial charge on any atom is 0.448 e. The summed E-state index contributed by atoms with van der Waals surface area (Å²) in [5.41, 5.74) is 0. The summed E-state index contributed by atoms with van der Waals surface area (Å²) in [5, 5.41) is 0. The van der Waals surface area contributed by atoms with E-state index in [0.29, 0.717) is 6.42 Å². The minimum atomic E-state index is -4.65. The molecule has 0 atom stereocenters. The smallest absolute Gasteiger partial charge is 0.325 e. The Hall–Kier alpha value is -0.880. The van der Waals surface area contributed by atoms with Crippen LogP contribution in [0.1, 0.15) is 122 Å². The molecular formula is C22H42O5S. The number of hydrogen-bond donors (Lipinski definition) is 1. The van der Waals surface area contributed by atoms with Crippen molar-refractivity contribution in [1.29, 1.82) is 0 Å². The Morgan fingerprint density at radius 2 is 1.11 bits per heavy atom. The molecule has 0 saturated carbocycles. The molecule has 0 spiro atoms. The maximum atomic E-state index is 11.1. The van der Waals surface area contributed by atoms with Gasteiger partial charge < -0.3 is 4.18 Å². The van der Waals surface area contributed by atoms with Crippen molar-refractivity contribution in [3.63, 3.8) is 0 Å². The molecule has 28 heavy (non-hydrogen) atoms. The predicted molar refractivity (Wildman–Crippen MR) is 116 cm³/mol. The fraction of sp³-hybridized carbons (Fsp3) is 0.864. The molecule has 0 rings (SSSR count). The van der Waals surface area contributed by atoms with E-state index in [1.165, 1.54) is 83.5 Å². The molecule has 0 heterocycles. The van der Waals surface area contributed by atoms with Crippen LogP contribution < -0.4 is 0 Å². The van der Waals surface area contributed by atoms with Crippen LogP contribution >= 0.6 is 0 Å². The van der Waals surface area contributed by atoms with Crippen molar-refractivity contribution >= 4 is 16.4 Å². The molecule has 0 aliphatic carbocycles. The lowest BCUT2D eigenvalue weighted by Crippen LogP contribution is -2.11. The SMILES string of the molecule is CCCCCCCC/C=C\CCCCCCCCCCCC(=O)OS(=O)(=O)O. The second-order valence-electron chi connectivity index (χ2n) is 7.63. The lowest BCUT2D eigenvalue weighted by atomic mass is 10.1. The molecule has 0 aliphatic heterocycles. The first-order chi connectivity index (χ1) is 13.5. The summed E-state index contributed by atoms with van der Waals surface area (Å²) >= 11 is 0. The Morgan fingerprint density at radius 3 is 1.54 bits per heavy atom. The van der Waals surface area contributed by atoms with Gasteiger partial charge in [-0.05, 0) is 32.1 Å². The molecule has 5 nitrogen and oxygen atoms in total. The van der Waals surface area contributed by atoms with Crippen molar-refractivity contribution in [2.24, 2.45) is 0 Å². The highest BCUT2D eigenvalue weighted by atomic mass is 32.3. The number of allylic oxidation sites excluding steroid dienone is 2. The van der Waals surface area contributed by atoms with E-state index in [1.807, 2.05) is 0 Å². The minimum Gasteiger partial charge on any atom is -0.325 e.